The van der Waals surface area contributed by atoms with Crippen LogP contribution in [0, 0.1) is 26.7 Å². The van der Waals surface area contributed by atoms with Crippen molar-refractivity contribution in [2.45, 2.75) is 58.5 Å². The van der Waals surface area contributed by atoms with E-state index < -0.39 is 0 Å². The second-order valence-corrected chi connectivity index (χ2v) is 8.96. The van der Waals surface area contributed by atoms with Gasteiger partial charge in [0.1, 0.15) is 0 Å². The van der Waals surface area contributed by atoms with Crippen molar-refractivity contribution in [2.24, 2.45) is 5.92 Å². The lowest BCUT2D eigenvalue weighted by atomic mass is 10.2. The normalized spacial score (nSPS) is 12.5. The van der Waals surface area contributed by atoms with Crippen molar-refractivity contribution in [3.8, 4) is 0 Å². The number of carbonyl (C=O) groups excluding carboxylic acids is 1. The van der Waals surface area contributed by atoms with Gasteiger partial charge in [-0.3, -0.25) is 4.79 Å². The maximum Gasteiger partial charge on any atom is 0.237 e. The van der Waals surface area contributed by atoms with Gasteiger partial charge >= 0.3 is 0 Å². The van der Waals surface area contributed by atoms with E-state index >= 15 is 0 Å². The number of amides is 1. The summed E-state index contributed by atoms with van der Waals surface area (Å²) in [6, 6.07) is 5.90. The maximum absolute atomic E-state index is 12.6. The molecule has 2 aromatic rings. The molecule has 1 heterocycles. The number of halogens is 1. The van der Waals surface area contributed by atoms with E-state index in [1.54, 1.807) is 0 Å². The van der Waals surface area contributed by atoms with Gasteiger partial charge in [-0.15, -0.1) is 0 Å². The highest BCUT2D eigenvalue weighted by molar-refractivity contribution is 9.10. The zero-order valence-electron chi connectivity index (χ0n) is 15.7. The van der Waals surface area contributed by atoms with Gasteiger partial charge in [0, 0.05) is 16.7 Å². The van der Waals surface area contributed by atoms with E-state index in [0.717, 1.165) is 33.1 Å². The number of nitrogens with one attached hydrogen (secondary N) is 1. The van der Waals surface area contributed by atoms with Crippen molar-refractivity contribution in [1.82, 2.24) is 9.55 Å². The fourth-order valence-electron chi connectivity index (χ4n) is 2.46. The molecule has 0 radical (unpaired) electrons. The molecule has 25 heavy (non-hydrogen) atoms. The lowest BCUT2D eigenvalue weighted by Gasteiger charge is -2.16. The molecule has 0 aliphatic rings. The quantitative estimate of drug-likeness (QED) is 0.637. The van der Waals surface area contributed by atoms with E-state index in [1.807, 2.05) is 39.0 Å². The van der Waals surface area contributed by atoms with Crippen molar-refractivity contribution >= 4 is 39.3 Å². The van der Waals surface area contributed by atoms with Crippen LogP contribution in [0.15, 0.2) is 27.8 Å². The van der Waals surface area contributed by atoms with E-state index in [2.05, 4.69) is 51.6 Å². The smallest absolute Gasteiger partial charge is 0.237 e. The molecule has 6 heteroatoms. The monoisotopic (exact) mass is 423 g/mol. The largest absolute Gasteiger partial charge is 0.324 e. The molecule has 0 aliphatic heterocycles. The number of aryl methyl sites for hydroxylation is 2. The first-order valence-corrected chi connectivity index (χ1v) is 10.1. The predicted octanol–water partition coefficient (Wildman–Crippen LogP) is 5.35. The van der Waals surface area contributed by atoms with Crippen LogP contribution in [0.25, 0.3) is 0 Å². The van der Waals surface area contributed by atoms with Crippen molar-refractivity contribution in [3.63, 3.8) is 0 Å². The summed E-state index contributed by atoms with van der Waals surface area (Å²) in [6.07, 6.45) is 0. The zero-order chi connectivity index (χ0) is 18.7. The maximum atomic E-state index is 12.6. The first kappa shape index (κ1) is 20.0. The highest BCUT2D eigenvalue weighted by atomic mass is 79.9. The molecular formula is C19H26BrN3OS. The summed E-state index contributed by atoms with van der Waals surface area (Å²) in [4.78, 5) is 17.2. The minimum Gasteiger partial charge on any atom is -0.324 e. The molecule has 0 saturated heterocycles. The summed E-state index contributed by atoms with van der Waals surface area (Å²) in [5.41, 5.74) is 4.14. The minimum atomic E-state index is -0.236. The third-order valence-corrected chi connectivity index (χ3v) is 5.75. The third kappa shape index (κ3) is 5.11. The fraction of sp³-hybridized carbons (Fsp3) is 0.474. The number of rotatable bonds is 6. The van der Waals surface area contributed by atoms with Gasteiger partial charge in [0.25, 0.3) is 0 Å². The molecule has 1 unspecified atom stereocenters. The molecule has 2 rings (SSSR count). The van der Waals surface area contributed by atoms with Crippen LogP contribution >= 0.6 is 27.7 Å². The molecule has 0 bridgehead atoms. The molecule has 1 aromatic heterocycles. The Kier molecular flexibility index (Phi) is 6.74. The van der Waals surface area contributed by atoms with Crippen LogP contribution in [0.4, 0.5) is 5.69 Å². The second-order valence-electron chi connectivity index (χ2n) is 6.80. The lowest BCUT2D eigenvalue weighted by Crippen LogP contribution is -2.23. The highest BCUT2D eigenvalue weighted by Crippen LogP contribution is 2.28. The van der Waals surface area contributed by atoms with Gasteiger partial charge in [-0.05, 0) is 67.2 Å². The van der Waals surface area contributed by atoms with Crippen molar-refractivity contribution < 1.29 is 4.79 Å². The molecular weight excluding hydrogens is 398 g/mol. The molecule has 4 nitrogen and oxygen atoms in total. The predicted molar refractivity (Wildman–Crippen MR) is 109 cm³/mol. The Hall–Kier alpha value is -1.27. The minimum absolute atomic E-state index is 0.0241. The van der Waals surface area contributed by atoms with Gasteiger partial charge in [0.15, 0.2) is 5.16 Å². The molecule has 1 aromatic carbocycles. The van der Waals surface area contributed by atoms with Crippen LogP contribution in [-0.2, 0) is 11.3 Å². The van der Waals surface area contributed by atoms with Crippen LogP contribution in [0.5, 0.6) is 0 Å². The summed E-state index contributed by atoms with van der Waals surface area (Å²) >= 11 is 5.01. The van der Waals surface area contributed by atoms with Gasteiger partial charge in [-0.25, -0.2) is 4.98 Å². The van der Waals surface area contributed by atoms with E-state index in [4.69, 9.17) is 0 Å². The third-order valence-electron chi connectivity index (χ3n) is 4.00. The Balaban J connectivity index is 2.12. The van der Waals surface area contributed by atoms with E-state index in [9.17, 15) is 4.79 Å². The Labute approximate surface area is 162 Å². The molecule has 0 saturated carbocycles. The number of thioether (sulfide) groups is 1. The molecule has 1 atom stereocenters. The average Bonchev–Trinajstić information content (AvgIpc) is 2.77. The molecule has 136 valence electrons. The van der Waals surface area contributed by atoms with Crippen LogP contribution in [-0.4, -0.2) is 20.7 Å². The topological polar surface area (TPSA) is 46.9 Å². The van der Waals surface area contributed by atoms with Crippen molar-refractivity contribution in [3.05, 3.63) is 39.6 Å². The van der Waals surface area contributed by atoms with E-state index in [1.165, 1.54) is 17.5 Å². The van der Waals surface area contributed by atoms with Crippen molar-refractivity contribution in [2.75, 3.05) is 5.32 Å². The van der Waals surface area contributed by atoms with Gasteiger partial charge in [-0.2, -0.15) is 0 Å². The number of hydrogen-bond acceptors (Lipinski definition) is 3. The van der Waals surface area contributed by atoms with Crippen LogP contribution in [0.2, 0.25) is 0 Å². The summed E-state index contributed by atoms with van der Waals surface area (Å²) < 4.78 is 3.11. The summed E-state index contributed by atoms with van der Waals surface area (Å²) in [5.74, 6) is 0.503. The molecule has 0 aliphatic carbocycles. The number of carbonyl (C=O) groups is 1. The molecule has 0 spiro atoms. The summed E-state index contributed by atoms with van der Waals surface area (Å²) in [6.45, 7) is 13.3. The van der Waals surface area contributed by atoms with Gasteiger partial charge < -0.3 is 9.88 Å². The van der Waals surface area contributed by atoms with Gasteiger partial charge in [0.05, 0.1) is 16.6 Å². The van der Waals surface area contributed by atoms with Crippen LogP contribution in [0.3, 0.4) is 0 Å². The Morgan fingerprint density at radius 3 is 2.56 bits per heavy atom. The molecule has 1 N–H and O–H groups in total. The summed E-state index contributed by atoms with van der Waals surface area (Å²) in [7, 11) is 0. The molecule has 1 amide bonds. The number of aromatic nitrogens is 2. The number of imidazole rings is 1. The first-order chi connectivity index (χ1) is 11.7. The number of hydrogen-bond donors (Lipinski definition) is 1. The standard InChI is InChI=1S/C19H26BrN3OS/c1-11(2)10-23-14(5)13(4)21-19(23)25-15(6)18(24)22-17-8-7-12(3)9-16(17)20/h7-9,11,15H,10H2,1-6H3,(H,22,24). The second kappa shape index (κ2) is 8.41. The van der Waals surface area contributed by atoms with Crippen LogP contribution in [0.1, 0.15) is 37.7 Å². The Morgan fingerprint density at radius 2 is 1.96 bits per heavy atom. The summed E-state index contributed by atoms with van der Waals surface area (Å²) in [5, 5.41) is 3.67. The van der Waals surface area contributed by atoms with E-state index in [0.29, 0.717) is 5.92 Å². The lowest BCUT2D eigenvalue weighted by molar-refractivity contribution is -0.115. The fourth-order valence-corrected chi connectivity index (χ4v) is 4.06. The SMILES string of the molecule is Cc1ccc(NC(=O)C(C)Sc2nc(C)c(C)n2CC(C)C)c(Br)c1. The highest BCUT2D eigenvalue weighted by Gasteiger charge is 2.20. The van der Waals surface area contributed by atoms with E-state index in [-0.39, 0.29) is 11.2 Å². The van der Waals surface area contributed by atoms with Gasteiger partial charge in [-0.1, -0.05) is 31.7 Å². The number of nitrogens with zero attached hydrogens (tertiary/aromatic N) is 2. The van der Waals surface area contributed by atoms with Crippen LogP contribution < -0.4 is 5.32 Å². The zero-order valence-corrected chi connectivity index (χ0v) is 18.1. The van der Waals surface area contributed by atoms with Gasteiger partial charge in [0.2, 0.25) is 5.91 Å². The van der Waals surface area contributed by atoms with Crippen molar-refractivity contribution in [1.29, 1.82) is 0 Å². The molecule has 0 fully saturated rings. The number of benzene rings is 1. The Bertz CT molecular complexity index is 770. The average molecular weight is 424 g/mol. The number of anilines is 1. The first-order valence-electron chi connectivity index (χ1n) is 8.46. The Morgan fingerprint density at radius 1 is 1.28 bits per heavy atom.